The van der Waals surface area contributed by atoms with Crippen LogP contribution in [0.3, 0.4) is 0 Å². The maximum atomic E-state index is 12.6. The summed E-state index contributed by atoms with van der Waals surface area (Å²) in [5, 5.41) is 24.9. The molecule has 0 aliphatic carbocycles. The number of aliphatic imine (C=N–C) groups is 1. The molecular formula is C19H34N8O8. The number of carbonyl (C=O) groups is 6. The SMILES string of the molecule is CC(NC(=O)C(CCC(=O)O)NC(=O)C(N)CCCN=C(N)N)C(=O)NC(CCC(N)=O)C(=O)O. The summed E-state index contributed by atoms with van der Waals surface area (Å²) in [7, 11) is 0. The molecular weight excluding hydrogens is 468 g/mol. The molecule has 0 aromatic heterocycles. The monoisotopic (exact) mass is 502 g/mol. The van der Waals surface area contributed by atoms with E-state index in [1.807, 2.05) is 0 Å². The van der Waals surface area contributed by atoms with E-state index in [-0.39, 0.29) is 38.2 Å². The van der Waals surface area contributed by atoms with E-state index in [9.17, 15) is 33.9 Å². The van der Waals surface area contributed by atoms with Crippen molar-refractivity contribution in [3.05, 3.63) is 0 Å². The van der Waals surface area contributed by atoms with Gasteiger partial charge in [-0.2, -0.15) is 0 Å². The summed E-state index contributed by atoms with van der Waals surface area (Å²) in [6.45, 7) is 1.49. The van der Waals surface area contributed by atoms with Crippen LogP contribution in [0.15, 0.2) is 4.99 Å². The second-order valence-corrected chi connectivity index (χ2v) is 7.68. The molecule has 16 heteroatoms. The Kier molecular flexibility index (Phi) is 14.0. The van der Waals surface area contributed by atoms with Gasteiger partial charge in [-0.3, -0.25) is 29.0 Å². The van der Waals surface area contributed by atoms with Crippen molar-refractivity contribution in [2.24, 2.45) is 27.9 Å². The largest absolute Gasteiger partial charge is 0.481 e. The highest BCUT2D eigenvalue weighted by atomic mass is 16.4. The molecule has 13 N–H and O–H groups in total. The summed E-state index contributed by atoms with van der Waals surface area (Å²) in [6.07, 6.45) is -0.749. The van der Waals surface area contributed by atoms with Gasteiger partial charge in [-0.15, -0.1) is 0 Å². The number of hydrogen-bond acceptors (Lipinski definition) is 8. The molecule has 198 valence electrons. The third kappa shape index (κ3) is 14.0. The van der Waals surface area contributed by atoms with E-state index in [0.29, 0.717) is 6.42 Å². The van der Waals surface area contributed by atoms with Gasteiger partial charge in [0.15, 0.2) is 5.96 Å². The Labute approximate surface area is 201 Å². The van der Waals surface area contributed by atoms with Crippen molar-refractivity contribution >= 4 is 41.5 Å². The molecule has 16 nitrogen and oxygen atoms in total. The number of nitrogens with one attached hydrogen (secondary N) is 3. The van der Waals surface area contributed by atoms with Gasteiger partial charge in [0, 0.05) is 19.4 Å². The van der Waals surface area contributed by atoms with E-state index in [4.69, 9.17) is 28.0 Å². The Bertz CT molecular complexity index is 815. The van der Waals surface area contributed by atoms with Crippen LogP contribution in [0.2, 0.25) is 0 Å². The van der Waals surface area contributed by atoms with Crippen molar-refractivity contribution in [2.75, 3.05) is 6.54 Å². The second kappa shape index (κ2) is 15.8. The van der Waals surface area contributed by atoms with Crippen LogP contribution >= 0.6 is 0 Å². The predicted molar refractivity (Wildman–Crippen MR) is 122 cm³/mol. The van der Waals surface area contributed by atoms with Crippen LogP contribution in [-0.2, 0) is 28.8 Å². The van der Waals surface area contributed by atoms with Crippen LogP contribution < -0.4 is 38.9 Å². The van der Waals surface area contributed by atoms with Crippen LogP contribution in [-0.4, -0.2) is 82.5 Å². The number of guanidine groups is 1. The molecule has 0 saturated heterocycles. The highest BCUT2D eigenvalue weighted by Gasteiger charge is 2.28. The van der Waals surface area contributed by atoms with Gasteiger partial charge < -0.3 is 49.1 Å². The molecule has 0 aromatic rings. The van der Waals surface area contributed by atoms with Crippen LogP contribution in [0.1, 0.15) is 45.4 Å². The molecule has 0 heterocycles. The number of hydrogen-bond donors (Lipinski definition) is 9. The van der Waals surface area contributed by atoms with Gasteiger partial charge in [0.2, 0.25) is 23.6 Å². The van der Waals surface area contributed by atoms with Crippen molar-refractivity contribution in [2.45, 2.75) is 69.6 Å². The minimum atomic E-state index is -1.42. The first-order valence-electron chi connectivity index (χ1n) is 10.7. The van der Waals surface area contributed by atoms with E-state index in [0.717, 1.165) is 0 Å². The summed E-state index contributed by atoms with van der Waals surface area (Å²) < 4.78 is 0. The Balaban J connectivity index is 5.09. The Hall–Kier alpha value is -3.95. The fraction of sp³-hybridized carbons (Fsp3) is 0.632. The van der Waals surface area contributed by atoms with Crippen molar-refractivity contribution < 1.29 is 39.0 Å². The zero-order valence-corrected chi connectivity index (χ0v) is 19.4. The van der Waals surface area contributed by atoms with Gasteiger partial charge in [-0.25, -0.2) is 4.79 Å². The van der Waals surface area contributed by atoms with Crippen molar-refractivity contribution in [1.82, 2.24) is 16.0 Å². The molecule has 4 amide bonds. The number of carbonyl (C=O) groups excluding carboxylic acids is 4. The third-order valence-corrected chi connectivity index (χ3v) is 4.63. The molecule has 0 aromatic carbocycles. The molecule has 0 fully saturated rings. The Morgan fingerprint density at radius 3 is 1.89 bits per heavy atom. The van der Waals surface area contributed by atoms with E-state index in [1.165, 1.54) is 6.92 Å². The van der Waals surface area contributed by atoms with Crippen molar-refractivity contribution in [3.8, 4) is 0 Å². The first-order valence-corrected chi connectivity index (χ1v) is 10.7. The van der Waals surface area contributed by atoms with E-state index < -0.39 is 66.2 Å². The van der Waals surface area contributed by atoms with Gasteiger partial charge in [-0.1, -0.05) is 0 Å². The smallest absolute Gasteiger partial charge is 0.326 e. The van der Waals surface area contributed by atoms with Gasteiger partial charge in [-0.05, 0) is 32.6 Å². The number of amides is 4. The molecule has 0 spiro atoms. The van der Waals surface area contributed by atoms with Crippen LogP contribution in [0.25, 0.3) is 0 Å². The van der Waals surface area contributed by atoms with Crippen LogP contribution in [0.5, 0.6) is 0 Å². The zero-order valence-electron chi connectivity index (χ0n) is 19.4. The number of aliphatic carboxylic acids is 2. The fourth-order valence-electron chi connectivity index (χ4n) is 2.69. The van der Waals surface area contributed by atoms with Gasteiger partial charge in [0.25, 0.3) is 0 Å². The average molecular weight is 503 g/mol. The van der Waals surface area contributed by atoms with Gasteiger partial charge in [0.05, 0.1) is 6.04 Å². The van der Waals surface area contributed by atoms with Crippen molar-refractivity contribution in [3.63, 3.8) is 0 Å². The number of nitrogens with zero attached hydrogens (tertiary/aromatic N) is 1. The Morgan fingerprint density at radius 1 is 0.800 bits per heavy atom. The molecule has 0 rings (SSSR count). The molecule has 0 aliphatic rings. The minimum absolute atomic E-state index is 0.117. The number of nitrogens with two attached hydrogens (primary N) is 4. The molecule has 4 unspecified atom stereocenters. The van der Waals surface area contributed by atoms with Crippen LogP contribution in [0, 0.1) is 0 Å². The van der Waals surface area contributed by atoms with E-state index in [1.54, 1.807) is 0 Å². The number of carboxylic acids is 2. The standard InChI is InChI=1S/C19H34N8O8/c1-9(15(31)27-12(18(34)35)4-6-13(21)28)25-17(33)11(5-7-14(29)30)26-16(32)10(20)3-2-8-24-19(22)23/h9-12H,2-8,20H2,1H3,(H2,21,28)(H,25,33)(H,26,32)(H,27,31)(H,29,30)(H,34,35)(H4,22,23,24). The minimum Gasteiger partial charge on any atom is -0.481 e. The summed E-state index contributed by atoms with van der Waals surface area (Å²) in [6, 6.07) is -5.04. The van der Waals surface area contributed by atoms with Crippen molar-refractivity contribution in [1.29, 1.82) is 0 Å². The average Bonchev–Trinajstić information content (AvgIpc) is 2.75. The maximum Gasteiger partial charge on any atom is 0.326 e. The lowest BCUT2D eigenvalue weighted by Crippen LogP contribution is -2.56. The van der Waals surface area contributed by atoms with Gasteiger partial charge >= 0.3 is 11.9 Å². The molecule has 0 bridgehead atoms. The number of rotatable bonds is 17. The second-order valence-electron chi connectivity index (χ2n) is 7.68. The maximum absolute atomic E-state index is 12.6. The first kappa shape index (κ1) is 31.0. The summed E-state index contributed by atoms with van der Waals surface area (Å²) in [5.74, 6) is -5.97. The topological polar surface area (TPSA) is 295 Å². The summed E-state index contributed by atoms with van der Waals surface area (Å²) >= 11 is 0. The molecule has 0 aliphatic heterocycles. The van der Waals surface area contributed by atoms with E-state index in [2.05, 4.69) is 20.9 Å². The lowest BCUT2D eigenvalue weighted by Gasteiger charge is -2.23. The quantitative estimate of drug-likeness (QED) is 0.0525. The molecule has 0 radical (unpaired) electrons. The number of carboxylic acid groups (broad SMARTS) is 2. The summed E-state index contributed by atoms with van der Waals surface area (Å²) in [4.78, 5) is 74.2. The normalized spacial score (nSPS) is 13.9. The van der Waals surface area contributed by atoms with Crippen LogP contribution in [0.4, 0.5) is 0 Å². The highest BCUT2D eigenvalue weighted by Crippen LogP contribution is 2.03. The predicted octanol–water partition coefficient (Wildman–Crippen LogP) is -3.94. The lowest BCUT2D eigenvalue weighted by molar-refractivity contribution is -0.142. The zero-order chi connectivity index (χ0) is 27.1. The Morgan fingerprint density at radius 2 is 1.37 bits per heavy atom. The fourth-order valence-corrected chi connectivity index (χ4v) is 2.69. The summed E-state index contributed by atoms with van der Waals surface area (Å²) in [5.41, 5.74) is 21.2. The molecule has 35 heavy (non-hydrogen) atoms. The first-order chi connectivity index (χ1) is 16.2. The number of primary amides is 1. The third-order valence-electron chi connectivity index (χ3n) is 4.63. The molecule has 4 atom stereocenters. The van der Waals surface area contributed by atoms with E-state index >= 15 is 0 Å². The lowest BCUT2D eigenvalue weighted by atomic mass is 10.1. The van der Waals surface area contributed by atoms with Gasteiger partial charge in [0.1, 0.15) is 18.1 Å². The highest BCUT2D eigenvalue weighted by molar-refractivity contribution is 5.94. The molecule has 0 saturated carbocycles.